The van der Waals surface area contributed by atoms with Gasteiger partial charge in [-0.25, -0.2) is 0 Å². The van der Waals surface area contributed by atoms with Gasteiger partial charge < -0.3 is 0 Å². The molecule has 0 fully saturated rings. The molecule has 0 bridgehead atoms. The fraction of sp³-hybridized carbons (Fsp3) is 0.182. The maximum Gasteiger partial charge on any atom is 0.267 e. The van der Waals surface area contributed by atoms with Crippen molar-refractivity contribution < 1.29 is 8.78 Å². The van der Waals surface area contributed by atoms with Gasteiger partial charge >= 0.3 is 0 Å². The van der Waals surface area contributed by atoms with Crippen molar-refractivity contribution in [2.75, 3.05) is 0 Å². The Morgan fingerprint density at radius 3 is 2.93 bits per heavy atom. The summed E-state index contributed by atoms with van der Waals surface area (Å²) in [6.45, 7) is 1.73. The molecule has 1 heterocycles. The topological polar surface area (TPSA) is 12.4 Å². The minimum atomic E-state index is -1.66. The van der Waals surface area contributed by atoms with E-state index in [2.05, 4.69) is 4.99 Å². The van der Waals surface area contributed by atoms with E-state index in [1.807, 2.05) is 6.08 Å². The van der Waals surface area contributed by atoms with E-state index in [0.29, 0.717) is 0 Å². The predicted octanol–water partition coefficient (Wildman–Crippen LogP) is 3.24. The van der Waals surface area contributed by atoms with Crippen molar-refractivity contribution in [2.24, 2.45) is 10.4 Å². The van der Waals surface area contributed by atoms with Gasteiger partial charge in [-0.3, -0.25) is 4.99 Å². The zero-order valence-corrected chi connectivity index (χ0v) is 7.67. The molecule has 0 amide bonds. The van der Waals surface area contributed by atoms with E-state index in [9.17, 15) is 8.78 Å². The average Bonchev–Trinajstić information content (AvgIpc) is 2.48. The maximum absolute atomic E-state index is 12.2. The SMILES string of the molecule is CC1(C=C(F)F)C=CC2=NC=CC2=C1. The van der Waals surface area contributed by atoms with Crippen LogP contribution >= 0.6 is 0 Å². The lowest BCUT2D eigenvalue weighted by Gasteiger charge is -2.21. The van der Waals surface area contributed by atoms with E-state index in [1.54, 1.807) is 31.4 Å². The van der Waals surface area contributed by atoms with Gasteiger partial charge in [0.2, 0.25) is 0 Å². The third kappa shape index (κ3) is 1.58. The molecule has 1 nitrogen and oxygen atoms in total. The van der Waals surface area contributed by atoms with E-state index >= 15 is 0 Å². The third-order valence-corrected chi connectivity index (χ3v) is 2.25. The van der Waals surface area contributed by atoms with Crippen LogP contribution in [0.4, 0.5) is 8.78 Å². The molecule has 0 radical (unpaired) electrons. The van der Waals surface area contributed by atoms with E-state index < -0.39 is 11.5 Å². The Hall–Kier alpha value is -1.51. The smallest absolute Gasteiger partial charge is 0.256 e. The summed E-state index contributed by atoms with van der Waals surface area (Å²) in [6.07, 6.45) is 8.06. The summed E-state index contributed by atoms with van der Waals surface area (Å²) in [5.74, 6) is 0. The number of fused-ring (bicyclic) bond motifs is 1. The summed E-state index contributed by atoms with van der Waals surface area (Å²) in [4.78, 5) is 4.08. The molecule has 0 aromatic rings. The van der Waals surface area contributed by atoms with Gasteiger partial charge in [-0.05, 0) is 30.7 Å². The van der Waals surface area contributed by atoms with Gasteiger partial charge in [0.1, 0.15) is 0 Å². The first-order chi connectivity index (χ1) is 6.59. The summed E-state index contributed by atoms with van der Waals surface area (Å²) in [5, 5.41) is 0. The highest BCUT2D eigenvalue weighted by molar-refractivity contribution is 6.13. The van der Waals surface area contributed by atoms with Gasteiger partial charge in [-0.1, -0.05) is 12.2 Å². The lowest BCUT2D eigenvalue weighted by molar-refractivity contribution is 0.407. The standard InChI is InChI=1S/C11H9F2N/c1-11(7-10(12)13)4-2-9-8(6-11)3-5-14-9/h2-7H,1H3. The Bertz CT molecular complexity index is 409. The van der Waals surface area contributed by atoms with Crippen molar-refractivity contribution in [3.8, 4) is 0 Å². The van der Waals surface area contributed by atoms with Crippen LogP contribution in [-0.4, -0.2) is 5.71 Å². The van der Waals surface area contributed by atoms with Gasteiger partial charge in [0, 0.05) is 11.6 Å². The van der Waals surface area contributed by atoms with Crippen LogP contribution in [0.1, 0.15) is 6.92 Å². The zero-order chi connectivity index (χ0) is 10.2. The van der Waals surface area contributed by atoms with E-state index in [1.165, 1.54) is 0 Å². The summed E-state index contributed by atoms with van der Waals surface area (Å²) in [7, 11) is 0. The molecule has 72 valence electrons. The molecule has 14 heavy (non-hydrogen) atoms. The number of allylic oxidation sites excluding steroid dienone is 6. The minimum Gasteiger partial charge on any atom is -0.256 e. The van der Waals surface area contributed by atoms with Crippen LogP contribution in [0.25, 0.3) is 0 Å². The van der Waals surface area contributed by atoms with Crippen molar-refractivity contribution in [3.05, 3.63) is 48.2 Å². The van der Waals surface area contributed by atoms with Crippen LogP contribution in [0.15, 0.2) is 53.2 Å². The summed E-state index contributed by atoms with van der Waals surface area (Å²) >= 11 is 0. The van der Waals surface area contributed by atoms with Crippen LogP contribution in [0.3, 0.4) is 0 Å². The molecule has 0 aromatic heterocycles. The first-order valence-corrected chi connectivity index (χ1v) is 4.30. The van der Waals surface area contributed by atoms with Crippen LogP contribution in [0.5, 0.6) is 0 Å². The first kappa shape index (κ1) is 9.06. The molecule has 1 atom stereocenters. The summed E-state index contributed by atoms with van der Waals surface area (Å²) in [5.41, 5.74) is 1.06. The second kappa shape index (κ2) is 3.01. The molecule has 1 aliphatic heterocycles. The van der Waals surface area contributed by atoms with Gasteiger partial charge in [-0.2, -0.15) is 8.78 Å². The molecule has 0 saturated carbocycles. The molecule has 0 saturated heterocycles. The molecule has 1 aliphatic carbocycles. The van der Waals surface area contributed by atoms with Gasteiger partial charge in [-0.15, -0.1) is 0 Å². The lowest BCUT2D eigenvalue weighted by Crippen LogP contribution is -2.13. The minimum absolute atomic E-state index is 0.693. The third-order valence-electron chi connectivity index (χ3n) is 2.25. The van der Waals surface area contributed by atoms with Crippen molar-refractivity contribution in [1.29, 1.82) is 0 Å². The number of hydrogen-bond donors (Lipinski definition) is 0. The largest absolute Gasteiger partial charge is 0.267 e. The zero-order valence-electron chi connectivity index (χ0n) is 7.67. The Labute approximate surface area is 80.8 Å². The van der Waals surface area contributed by atoms with E-state index in [-0.39, 0.29) is 0 Å². The molecule has 0 spiro atoms. The predicted molar refractivity (Wildman–Crippen MR) is 52.2 cm³/mol. The maximum atomic E-state index is 12.2. The second-order valence-electron chi connectivity index (χ2n) is 3.56. The number of aliphatic imine (C=N–C) groups is 1. The fourth-order valence-electron chi connectivity index (χ4n) is 1.59. The Kier molecular flexibility index (Phi) is 1.95. The molecule has 3 heteroatoms. The molecule has 1 unspecified atom stereocenters. The molecule has 0 N–H and O–H groups in total. The Balaban J connectivity index is 2.38. The second-order valence-corrected chi connectivity index (χ2v) is 3.56. The highest BCUT2D eigenvalue weighted by Crippen LogP contribution is 2.32. The fourth-order valence-corrected chi connectivity index (χ4v) is 1.59. The van der Waals surface area contributed by atoms with Gasteiger partial charge in [0.25, 0.3) is 6.08 Å². The van der Waals surface area contributed by atoms with Crippen molar-refractivity contribution in [2.45, 2.75) is 6.92 Å². The van der Waals surface area contributed by atoms with Crippen LogP contribution in [0.2, 0.25) is 0 Å². The van der Waals surface area contributed by atoms with Crippen molar-refractivity contribution in [1.82, 2.24) is 0 Å². The van der Waals surface area contributed by atoms with Crippen LogP contribution < -0.4 is 0 Å². The lowest BCUT2D eigenvalue weighted by atomic mass is 9.83. The van der Waals surface area contributed by atoms with Crippen molar-refractivity contribution in [3.63, 3.8) is 0 Å². The highest BCUT2D eigenvalue weighted by atomic mass is 19.3. The quantitative estimate of drug-likeness (QED) is 0.606. The Morgan fingerprint density at radius 2 is 2.21 bits per heavy atom. The molecular weight excluding hydrogens is 184 g/mol. The number of rotatable bonds is 1. The first-order valence-electron chi connectivity index (χ1n) is 4.30. The highest BCUT2D eigenvalue weighted by Gasteiger charge is 2.23. The summed E-state index contributed by atoms with van der Waals surface area (Å²) < 4.78 is 24.3. The van der Waals surface area contributed by atoms with Gasteiger partial charge in [0.15, 0.2) is 0 Å². The van der Waals surface area contributed by atoms with Crippen LogP contribution in [0, 0.1) is 5.41 Å². The average molecular weight is 193 g/mol. The van der Waals surface area contributed by atoms with E-state index in [0.717, 1.165) is 17.4 Å². The van der Waals surface area contributed by atoms with Gasteiger partial charge in [0.05, 0.1) is 5.71 Å². The van der Waals surface area contributed by atoms with Crippen LogP contribution in [-0.2, 0) is 0 Å². The molecular formula is C11H9F2N. The van der Waals surface area contributed by atoms with E-state index in [4.69, 9.17) is 0 Å². The molecule has 0 aromatic carbocycles. The number of nitrogens with zero attached hydrogens (tertiary/aromatic N) is 1. The number of hydrogen-bond acceptors (Lipinski definition) is 1. The van der Waals surface area contributed by atoms with Crippen molar-refractivity contribution >= 4 is 5.71 Å². The molecule has 2 rings (SSSR count). The number of halogens is 2. The summed E-state index contributed by atoms with van der Waals surface area (Å²) in [6, 6.07) is 0. The monoisotopic (exact) mass is 193 g/mol. The Morgan fingerprint density at radius 1 is 1.43 bits per heavy atom. The molecule has 2 aliphatic rings. The normalized spacial score (nSPS) is 28.2.